The summed E-state index contributed by atoms with van der Waals surface area (Å²) in [5.41, 5.74) is 2.51. The summed E-state index contributed by atoms with van der Waals surface area (Å²) in [5, 5.41) is 13.9. The number of sulfonamides is 1. The predicted molar refractivity (Wildman–Crippen MR) is 69.3 cm³/mol. The van der Waals surface area contributed by atoms with Crippen molar-refractivity contribution in [3.8, 4) is 0 Å². The van der Waals surface area contributed by atoms with Gasteiger partial charge >= 0.3 is 0 Å². The van der Waals surface area contributed by atoms with Crippen LogP contribution in [0.5, 0.6) is 0 Å². The van der Waals surface area contributed by atoms with Crippen LogP contribution >= 0.6 is 0 Å². The molecule has 0 aliphatic heterocycles. The highest BCUT2D eigenvalue weighted by atomic mass is 32.2. The van der Waals surface area contributed by atoms with Crippen LogP contribution in [0.25, 0.3) is 0 Å². The van der Waals surface area contributed by atoms with Gasteiger partial charge in [-0.25, -0.2) is 13.6 Å². The number of hydrogen-bond acceptors (Lipinski definition) is 5. The molecule has 2 rings (SSSR count). The molecule has 1 amide bonds. The molecule has 0 spiro atoms. The first-order valence-electron chi connectivity index (χ1n) is 5.70. The normalized spacial score (nSPS) is 11.6. The SMILES string of the molecule is Cc1n[nH]c(C)c1CNC(=O)c1ccc(S(N)(=O)=O)o1. The Labute approximate surface area is 115 Å². The van der Waals surface area contributed by atoms with E-state index in [1.165, 1.54) is 6.07 Å². The third-order valence-electron chi connectivity index (χ3n) is 2.79. The van der Waals surface area contributed by atoms with E-state index in [2.05, 4.69) is 15.5 Å². The first-order chi connectivity index (χ1) is 9.29. The van der Waals surface area contributed by atoms with Crippen molar-refractivity contribution in [1.82, 2.24) is 15.5 Å². The molecule has 20 heavy (non-hydrogen) atoms. The van der Waals surface area contributed by atoms with Gasteiger partial charge in [-0.05, 0) is 26.0 Å². The van der Waals surface area contributed by atoms with Crippen LogP contribution in [0.3, 0.4) is 0 Å². The zero-order valence-electron chi connectivity index (χ0n) is 10.9. The monoisotopic (exact) mass is 298 g/mol. The van der Waals surface area contributed by atoms with Gasteiger partial charge in [0.2, 0.25) is 5.09 Å². The van der Waals surface area contributed by atoms with Crippen molar-refractivity contribution in [2.75, 3.05) is 0 Å². The summed E-state index contributed by atoms with van der Waals surface area (Å²) < 4.78 is 27.0. The summed E-state index contributed by atoms with van der Waals surface area (Å²) in [4.78, 5) is 11.8. The third kappa shape index (κ3) is 2.89. The average Bonchev–Trinajstić information content (AvgIpc) is 2.95. The number of aryl methyl sites for hydroxylation is 2. The Morgan fingerprint density at radius 1 is 1.45 bits per heavy atom. The zero-order chi connectivity index (χ0) is 14.9. The summed E-state index contributed by atoms with van der Waals surface area (Å²) in [5.74, 6) is -0.646. The van der Waals surface area contributed by atoms with E-state index in [1.807, 2.05) is 13.8 Å². The Hall–Kier alpha value is -2.13. The quantitative estimate of drug-likeness (QED) is 0.741. The molecule has 0 saturated carbocycles. The van der Waals surface area contributed by atoms with E-state index in [0.29, 0.717) is 0 Å². The number of nitrogens with zero attached hydrogens (tertiary/aromatic N) is 1. The molecule has 8 nitrogen and oxygen atoms in total. The van der Waals surface area contributed by atoms with Gasteiger partial charge in [0.05, 0.1) is 5.69 Å². The molecule has 0 saturated heterocycles. The van der Waals surface area contributed by atoms with E-state index in [0.717, 1.165) is 23.0 Å². The van der Waals surface area contributed by atoms with E-state index in [1.54, 1.807) is 0 Å². The number of primary sulfonamides is 1. The highest BCUT2D eigenvalue weighted by Gasteiger charge is 2.17. The second-order valence-electron chi connectivity index (χ2n) is 4.26. The number of furan rings is 1. The van der Waals surface area contributed by atoms with Gasteiger partial charge in [0.25, 0.3) is 15.9 Å². The van der Waals surface area contributed by atoms with Crippen LogP contribution in [0.1, 0.15) is 27.5 Å². The molecular weight excluding hydrogens is 284 g/mol. The number of aromatic amines is 1. The molecule has 4 N–H and O–H groups in total. The van der Waals surface area contributed by atoms with Gasteiger partial charge in [-0.1, -0.05) is 0 Å². The summed E-state index contributed by atoms with van der Waals surface area (Å²) in [6.45, 7) is 3.92. The topological polar surface area (TPSA) is 131 Å². The number of nitrogens with one attached hydrogen (secondary N) is 2. The number of aromatic nitrogens is 2. The number of amides is 1. The summed E-state index contributed by atoms with van der Waals surface area (Å²) in [7, 11) is -3.95. The Bertz CT molecular complexity index is 725. The van der Waals surface area contributed by atoms with Gasteiger partial charge in [0, 0.05) is 17.8 Å². The van der Waals surface area contributed by atoms with Crippen molar-refractivity contribution in [2.45, 2.75) is 25.5 Å². The maximum atomic E-state index is 11.8. The van der Waals surface area contributed by atoms with Crippen molar-refractivity contribution < 1.29 is 17.6 Å². The van der Waals surface area contributed by atoms with Crippen LogP contribution in [0, 0.1) is 13.8 Å². The Balaban J connectivity index is 2.08. The molecule has 0 bridgehead atoms. The van der Waals surface area contributed by atoms with Crippen molar-refractivity contribution in [2.24, 2.45) is 5.14 Å². The molecular formula is C11H14N4O4S. The van der Waals surface area contributed by atoms with E-state index >= 15 is 0 Å². The number of carbonyl (C=O) groups excluding carboxylic acids is 1. The van der Waals surface area contributed by atoms with Crippen LogP contribution < -0.4 is 10.5 Å². The molecule has 0 aliphatic carbocycles. The van der Waals surface area contributed by atoms with Gasteiger partial charge in [0.1, 0.15) is 0 Å². The van der Waals surface area contributed by atoms with Crippen LogP contribution in [0.15, 0.2) is 21.6 Å². The lowest BCUT2D eigenvalue weighted by Crippen LogP contribution is -2.23. The van der Waals surface area contributed by atoms with Crippen LogP contribution in [0.4, 0.5) is 0 Å². The lowest BCUT2D eigenvalue weighted by Gasteiger charge is -2.03. The number of carbonyl (C=O) groups is 1. The molecule has 2 heterocycles. The predicted octanol–water partition coefficient (Wildman–Crippen LogP) is 0.197. The number of hydrogen-bond donors (Lipinski definition) is 3. The summed E-state index contributed by atoms with van der Waals surface area (Å²) in [6, 6.07) is 2.39. The maximum Gasteiger partial charge on any atom is 0.287 e. The molecule has 0 fully saturated rings. The highest BCUT2D eigenvalue weighted by molar-refractivity contribution is 7.89. The molecule has 0 aliphatic rings. The Kier molecular flexibility index (Phi) is 3.64. The maximum absolute atomic E-state index is 11.8. The van der Waals surface area contributed by atoms with Gasteiger partial charge < -0.3 is 9.73 Å². The lowest BCUT2D eigenvalue weighted by molar-refractivity contribution is 0.0918. The second-order valence-corrected chi connectivity index (χ2v) is 5.75. The zero-order valence-corrected chi connectivity index (χ0v) is 11.7. The highest BCUT2D eigenvalue weighted by Crippen LogP contribution is 2.13. The number of rotatable bonds is 4. The minimum Gasteiger partial charge on any atom is -0.438 e. The van der Waals surface area contributed by atoms with E-state index in [-0.39, 0.29) is 12.3 Å². The Morgan fingerprint density at radius 2 is 2.15 bits per heavy atom. The molecule has 0 atom stereocenters. The largest absolute Gasteiger partial charge is 0.438 e. The number of nitrogens with two attached hydrogens (primary N) is 1. The molecule has 0 radical (unpaired) electrons. The first-order valence-corrected chi connectivity index (χ1v) is 7.25. The summed E-state index contributed by atoms with van der Waals surface area (Å²) >= 11 is 0. The van der Waals surface area contributed by atoms with E-state index in [9.17, 15) is 13.2 Å². The van der Waals surface area contributed by atoms with Crippen molar-refractivity contribution >= 4 is 15.9 Å². The van der Waals surface area contributed by atoms with E-state index in [4.69, 9.17) is 9.56 Å². The van der Waals surface area contributed by atoms with Crippen molar-refractivity contribution in [3.05, 3.63) is 34.8 Å². The van der Waals surface area contributed by atoms with Gasteiger partial charge in [0.15, 0.2) is 5.76 Å². The van der Waals surface area contributed by atoms with E-state index < -0.39 is 21.0 Å². The van der Waals surface area contributed by atoms with Crippen molar-refractivity contribution in [3.63, 3.8) is 0 Å². The molecule has 0 aromatic carbocycles. The molecule has 9 heteroatoms. The second kappa shape index (κ2) is 5.10. The van der Waals surface area contributed by atoms with Gasteiger partial charge in [-0.15, -0.1) is 0 Å². The fourth-order valence-corrected chi connectivity index (χ4v) is 2.15. The van der Waals surface area contributed by atoms with Crippen LogP contribution in [-0.4, -0.2) is 24.5 Å². The van der Waals surface area contributed by atoms with Crippen LogP contribution in [-0.2, 0) is 16.6 Å². The summed E-state index contributed by atoms with van der Waals surface area (Å²) in [6.07, 6.45) is 0. The minimum atomic E-state index is -3.95. The van der Waals surface area contributed by atoms with Crippen molar-refractivity contribution in [1.29, 1.82) is 0 Å². The molecule has 2 aromatic rings. The van der Waals surface area contributed by atoms with Gasteiger partial charge in [-0.3, -0.25) is 9.89 Å². The fraction of sp³-hybridized carbons (Fsp3) is 0.273. The van der Waals surface area contributed by atoms with Gasteiger partial charge in [-0.2, -0.15) is 5.10 Å². The average molecular weight is 298 g/mol. The molecule has 2 aromatic heterocycles. The standard InChI is InChI=1S/C11H14N4O4S/c1-6-8(7(2)15-14-6)5-13-11(16)9-3-4-10(19-9)20(12,17)18/h3-4H,5H2,1-2H3,(H,13,16)(H,14,15)(H2,12,17,18). The molecule has 108 valence electrons. The molecule has 0 unspecified atom stereocenters. The smallest absolute Gasteiger partial charge is 0.287 e. The minimum absolute atomic E-state index is 0.118. The third-order valence-corrected chi connectivity index (χ3v) is 3.57. The van der Waals surface area contributed by atoms with Crippen LogP contribution in [0.2, 0.25) is 0 Å². The lowest BCUT2D eigenvalue weighted by atomic mass is 10.2. The fourth-order valence-electron chi connectivity index (χ4n) is 1.69. The Morgan fingerprint density at radius 3 is 2.65 bits per heavy atom. The first kappa shape index (κ1) is 14.3. The number of H-pyrrole nitrogens is 1.